The monoisotopic (exact) mass is 287 g/mol. The van der Waals surface area contributed by atoms with Gasteiger partial charge in [-0.3, -0.25) is 4.98 Å². The number of nitrogens with zero attached hydrogens (tertiary/aromatic N) is 2. The fourth-order valence-corrected chi connectivity index (χ4v) is 2.76. The zero-order chi connectivity index (χ0) is 14.4. The maximum absolute atomic E-state index is 11.9. The van der Waals surface area contributed by atoms with Crippen molar-refractivity contribution in [3.05, 3.63) is 65.5 Å². The third-order valence-corrected chi connectivity index (χ3v) is 3.96. The van der Waals surface area contributed by atoms with Gasteiger partial charge in [-0.2, -0.15) is 5.26 Å². The van der Waals surface area contributed by atoms with Crippen molar-refractivity contribution < 1.29 is 8.42 Å². The van der Waals surface area contributed by atoms with E-state index in [1.165, 1.54) is 0 Å². The van der Waals surface area contributed by atoms with Crippen molar-refractivity contribution in [3.63, 3.8) is 0 Å². The van der Waals surface area contributed by atoms with Gasteiger partial charge in [-0.05, 0) is 29.3 Å². The number of nitrogens with one attached hydrogen (secondary N) is 1. The molecule has 1 aromatic heterocycles. The van der Waals surface area contributed by atoms with Gasteiger partial charge in [-0.1, -0.05) is 18.2 Å². The Balaban J connectivity index is 1.98. The summed E-state index contributed by atoms with van der Waals surface area (Å²) in [6, 6.07) is 12.0. The summed E-state index contributed by atoms with van der Waals surface area (Å²) in [5, 5.41) is 8.68. The molecule has 6 heteroatoms. The van der Waals surface area contributed by atoms with E-state index in [4.69, 9.17) is 5.26 Å². The highest BCUT2D eigenvalue weighted by molar-refractivity contribution is 7.88. The molecular weight excluding hydrogens is 274 g/mol. The lowest BCUT2D eigenvalue weighted by Crippen LogP contribution is -2.24. The van der Waals surface area contributed by atoms with Crippen molar-refractivity contribution in [3.8, 4) is 6.07 Å². The summed E-state index contributed by atoms with van der Waals surface area (Å²) in [7, 11) is -3.41. The molecule has 0 aliphatic carbocycles. The van der Waals surface area contributed by atoms with Gasteiger partial charge in [0.05, 0.1) is 17.4 Å². The number of hydrogen-bond donors (Lipinski definition) is 1. The Morgan fingerprint density at radius 3 is 2.50 bits per heavy atom. The molecule has 20 heavy (non-hydrogen) atoms. The van der Waals surface area contributed by atoms with Crippen LogP contribution in [0.3, 0.4) is 0 Å². The Labute approximate surface area is 118 Å². The first-order valence-electron chi connectivity index (χ1n) is 5.94. The van der Waals surface area contributed by atoms with E-state index in [1.807, 2.05) is 6.07 Å². The lowest BCUT2D eigenvalue weighted by molar-refractivity contribution is 0.580. The largest absolute Gasteiger partial charge is 0.264 e. The lowest BCUT2D eigenvalue weighted by Gasteiger charge is -2.06. The highest BCUT2D eigenvalue weighted by Gasteiger charge is 2.11. The normalized spacial score (nSPS) is 10.9. The number of pyridine rings is 1. The quantitative estimate of drug-likeness (QED) is 0.905. The van der Waals surface area contributed by atoms with Crippen LogP contribution in [0.2, 0.25) is 0 Å². The van der Waals surface area contributed by atoms with E-state index in [0.29, 0.717) is 11.1 Å². The summed E-state index contributed by atoms with van der Waals surface area (Å²) >= 11 is 0. The van der Waals surface area contributed by atoms with Crippen LogP contribution in [0.5, 0.6) is 0 Å². The number of aromatic nitrogens is 1. The van der Waals surface area contributed by atoms with Crippen LogP contribution >= 0.6 is 0 Å². The van der Waals surface area contributed by atoms with Gasteiger partial charge in [0.1, 0.15) is 0 Å². The first kappa shape index (κ1) is 14.2. The molecule has 0 saturated heterocycles. The van der Waals surface area contributed by atoms with Crippen molar-refractivity contribution in [2.24, 2.45) is 0 Å². The zero-order valence-electron chi connectivity index (χ0n) is 10.7. The zero-order valence-corrected chi connectivity index (χ0v) is 11.5. The molecule has 5 nitrogen and oxygen atoms in total. The highest BCUT2D eigenvalue weighted by atomic mass is 32.2. The number of nitriles is 1. The molecule has 0 aliphatic rings. The summed E-state index contributed by atoms with van der Waals surface area (Å²) in [6.45, 7) is 0.215. The topological polar surface area (TPSA) is 82.8 Å². The van der Waals surface area contributed by atoms with Gasteiger partial charge in [-0.25, -0.2) is 13.1 Å². The first-order chi connectivity index (χ1) is 9.59. The molecule has 0 fully saturated rings. The summed E-state index contributed by atoms with van der Waals surface area (Å²) in [5.74, 6) is -0.112. The van der Waals surface area contributed by atoms with Gasteiger partial charge in [0.2, 0.25) is 10.0 Å². The molecular formula is C14H13N3O2S. The molecule has 1 heterocycles. The van der Waals surface area contributed by atoms with Crippen molar-refractivity contribution in [2.75, 3.05) is 0 Å². The van der Waals surface area contributed by atoms with Crippen molar-refractivity contribution in [2.45, 2.75) is 12.3 Å². The van der Waals surface area contributed by atoms with Crippen LogP contribution in [0.4, 0.5) is 0 Å². The molecule has 0 amide bonds. The Kier molecular flexibility index (Phi) is 4.45. The minimum atomic E-state index is -3.41. The third-order valence-electron chi connectivity index (χ3n) is 2.66. The fraction of sp³-hybridized carbons (Fsp3) is 0.143. The SMILES string of the molecule is N#Cc1ccc(CS(=O)(=O)NCc2cccnc2)cc1. The predicted octanol–water partition coefficient (Wildman–Crippen LogP) is 1.57. The Bertz CT molecular complexity index is 704. The van der Waals surface area contributed by atoms with Crippen molar-refractivity contribution in [1.82, 2.24) is 9.71 Å². The molecule has 0 saturated carbocycles. The van der Waals surface area contributed by atoms with Crippen LogP contribution < -0.4 is 4.72 Å². The van der Waals surface area contributed by atoms with Crippen molar-refractivity contribution in [1.29, 1.82) is 5.26 Å². The molecule has 102 valence electrons. The fourth-order valence-electron chi connectivity index (χ4n) is 1.64. The van der Waals surface area contributed by atoms with Crippen LogP contribution in [0.15, 0.2) is 48.8 Å². The number of sulfonamides is 1. The predicted molar refractivity (Wildman–Crippen MR) is 74.9 cm³/mol. The number of benzene rings is 1. The van der Waals surface area contributed by atoms with E-state index in [0.717, 1.165) is 5.56 Å². The molecule has 0 spiro atoms. The van der Waals surface area contributed by atoms with Gasteiger partial charge in [0, 0.05) is 18.9 Å². The average Bonchev–Trinajstić information content (AvgIpc) is 2.47. The van der Waals surface area contributed by atoms with E-state index >= 15 is 0 Å². The average molecular weight is 287 g/mol. The molecule has 2 rings (SSSR count). The van der Waals surface area contributed by atoms with Crippen LogP contribution in [-0.4, -0.2) is 13.4 Å². The minimum absolute atomic E-state index is 0.112. The maximum atomic E-state index is 11.9. The second-order valence-electron chi connectivity index (χ2n) is 4.25. The molecule has 0 radical (unpaired) electrons. The smallest absolute Gasteiger partial charge is 0.216 e. The molecule has 0 unspecified atom stereocenters. The Hall–Kier alpha value is -2.23. The second-order valence-corrected chi connectivity index (χ2v) is 6.06. The van der Waals surface area contributed by atoms with E-state index < -0.39 is 10.0 Å². The third kappa shape index (κ3) is 4.16. The van der Waals surface area contributed by atoms with E-state index in [-0.39, 0.29) is 12.3 Å². The van der Waals surface area contributed by atoms with E-state index in [2.05, 4.69) is 9.71 Å². The molecule has 0 aliphatic heterocycles. The summed E-state index contributed by atoms with van der Waals surface area (Å²) in [6.07, 6.45) is 3.25. The van der Waals surface area contributed by atoms with Crippen LogP contribution in [0.25, 0.3) is 0 Å². The van der Waals surface area contributed by atoms with Gasteiger partial charge in [-0.15, -0.1) is 0 Å². The van der Waals surface area contributed by atoms with Gasteiger partial charge in [0.15, 0.2) is 0 Å². The maximum Gasteiger partial charge on any atom is 0.216 e. The molecule has 2 aromatic rings. The van der Waals surface area contributed by atoms with Gasteiger partial charge < -0.3 is 0 Å². The molecule has 1 N–H and O–H groups in total. The summed E-state index contributed by atoms with van der Waals surface area (Å²) in [4.78, 5) is 3.92. The summed E-state index contributed by atoms with van der Waals surface area (Å²) in [5.41, 5.74) is 1.95. The van der Waals surface area contributed by atoms with E-state index in [1.54, 1.807) is 48.8 Å². The molecule has 0 bridgehead atoms. The molecule has 1 aromatic carbocycles. The van der Waals surface area contributed by atoms with Crippen LogP contribution in [0.1, 0.15) is 16.7 Å². The molecule has 0 atom stereocenters. The van der Waals surface area contributed by atoms with Crippen LogP contribution in [0, 0.1) is 11.3 Å². The van der Waals surface area contributed by atoms with Crippen molar-refractivity contribution >= 4 is 10.0 Å². The summed E-state index contributed by atoms with van der Waals surface area (Å²) < 4.78 is 26.4. The first-order valence-corrected chi connectivity index (χ1v) is 7.59. The highest BCUT2D eigenvalue weighted by Crippen LogP contribution is 2.07. The Morgan fingerprint density at radius 1 is 1.15 bits per heavy atom. The lowest BCUT2D eigenvalue weighted by atomic mass is 10.2. The minimum Gasteiger partial charge on any atom is -0.264 e. The van der Waals surface area contributed by atoms with Gasteiger partial charge in [0.25, 0.3) is 0 Å². The number of hydrogen-bond acceptors (Lipinski definition) is 4. The van der Waals surface area contributed by atoms with Gasteiger partial charge >= 0.3 is 0 Å². The second kappa shape index (κ2) is 6.28. The van der Waals surface area contributed by atoms with E-state index in [9.17, 15) is 8.42 Å². The van der Waals surface area contributed by atoms with Crippen LogP contribution in [-0.2, 0) is 22.3 Å². The number of rotatable bonds is 5. The Morgan fingerprint density at radius 2 is 1.90 bits per heavy atom. The standard InChI is InChI=1S/C14H13N3O2S/c15-8-12-3-5-13(6-4-12)11-20(18,19)17-10-14-2-1-7-16-9-14/h1-7,9,17H,10-11H2.